The summed E-state index contributed by atoms with van der Waals surface area (Å²) < 4.78 is 1.75. The molecule has 4 atom stereocenters. The van der Waals surface area contributed by atoms with Crippen molar-refractivity contribution in [1.82, 2.24) is 24.7 Å². The molecule has 6 heteroatoms. The summed E-state index contributed by atoms with van der Waals surface area (Å²) in [6.07, 6.45) is 9.45. The van der Waals surface area contributed by atoms with Gasteiger partial charge >= 0.3 is 0 Å². The van der Waals surface area contributed by atoms with Gasteiger partial charge in [-0.25, -0.2) is 4.68 Å². The minimum absolute atomic E-state index is 0.704. The van der Waals surface area contributed by atoms with Crippen LogP contribution in [-0.4, -0.2) is 62.9 Å². The number of piperidine rings is 2. The van der Waals surface area contributed by atoms with Crippen LogP contribution in [0.15, 0.2) is 0 Å². The Morgan fingerprint density at radius 3 is 1.96 bits per heavy atom. The number of hydrogen-bond donors (Lipinski definition) is 1. The molecule has 1 aromatic rings. The lowest BCUT2D eigenvalue weighted by atomic mass is 9.92. The van der Waals surface area contributed by atoms with Crippen molar-refractivity contribution in [3.63, 3.8) is 0 Å². The van der Waals surface area contributed by atoms with Gasteiger partial charge in [0, 0.05) is 38.0 Å². The van der Waals surface area contributed by atoms with Gasteiger partial charge in [0.2, 0.25) is 0 Å². The summed E-state index contributed by atoms with van der Waals surface area (Å²) in [5, 5.41) is 8.76. The Balaban J connectivity index is 1.41. The third-order valence-electron chi connectivity index (χ3n) is 6.85. The number of nitrogens with two attached hydrogens (primary N) is 1. The van der Waals surface area contributed by atoms with E-state index in [0.29, 0.717) is 12.1 Å². The van der Waals surface area contributed by atoms with Gasteiger partial charge in [0.05, 0.1) is 0 Å². The molecule has 1 aromatic heterocycles. The molecule has 0 aromatic carbocycles. The highest BCUT2D eigenvalue weighted by molar-refractivity contribution is 4.97. The average molecular weight is 391 g/mol. The second-order valence-corrected chi connectivity index (χ2v) is 9.68. The molecular weight excluding hydrogens is 348 g/mol. The summed E-state index contributed by atoms with van der Waals surface area (Å²) in [7, 11) is 0. The summed E-state index contributed by atoms with van der Waals surface area (Å²) in [5.41, 5.74) is 0. The van der Waals surface area contributed by atoms with E-state index in [9.17, 15) is 0 Å². The molecule has 2 aliphatic heterocycles. The van der Waals surface area contributed by atoms with Crippen molar-refractivity contribution in [3.05, 3.63) is 11.6 Å². The smallest absolute Gasteiger partial charge is 0.151 e. The lowest BCUT2D eigenvalue weighted by molar-refractivity contribution is 0.102. The van der Waals surface area contributed by atoms with E-state index in [0.717, 1.165) is 62.3 Å². The molecule has 0 saturated carbocycles. The fraction of sp³-hybridized carbons (Fsp3) is 0.909. The normalized spacial score (nSPS) is 30.0. The number of nitrogen functional groups attached to an aromatic ring is 1. The highest BCUT2D eigenvalue weighted by Crippen LogP contribution is 2.23. The van der Waals surface area contributed by atoms with E-state index in [1.807, 2.05) is 0 Å². The lowest BCUT2D eigenvalue weighted by Crippen LogP contribution is -2.44. The van der Waals surface area contributed by atoms with Crippen molar-refractivity contribution in [1.29, 1.82) is 0 Å². The SMILES string of the molecule is C[C@@H]1C[C@@H](C)CN(CCCc2nnc(CCCN3[C@@H](C)CCC[C@@H]3C)n2N)C1. The second-order valence-electron chi connectivity index (χ2n) is 9.68. The number of likely N-dealkylation sites (tertiary alicyclic amines) is 2. The summed E-state index contributed by atoms with van der Waals surface area (Å²) >= 11 is 0. The molecule has 2 saturated heterocycles. The number of rotatable bonds is 8. The number of nitrogens with zero attached hydrogens (tertiary/aromatic N) is 5. The maximum Gasteiger partial charge on any atom is 0.151 e. The van der Waals surface area contributed by atoms with Gasteiger partial charge in [-0.15, -0.1) is 10.2 Å². The third kappa shape index (κ3) is 5.69. The van der Waals surface area contributed by atoms with Crippen molar-refractivity contribution in [3.8, 4) is 0 Å². The Bertz CT molecular complexity index is 580. The maximum atomic E-state index is 6.30. The predicted octanol–water partition coefficient (Wildman–Crippen LogP) is 3.10. The van der Waals surface area contributed by atoms with Crippen LogP contribution < -0.4 is 5.84 Å². The van der Waals surface area contributed by atoms with Crippen LogP contribution in [0.4, 0.5) is 0 Å². The van der Waals surface area contributed by atoms with Crippen LogP contribution in [0.2, 0.25) is 0 Å². The average Bonchev–Trinajstić information content (AvgIpc) is 2.97. The fourth-order valence-corrected chi connectivity index (χ4v) is 5.47. The molecule has 0 bridgehead atoms. The highest BCUT2D eigenvalue weighted by Gasteiger charge is 2.24. The van der Waals surface area contributed by atoms with Crippen LogP contribution in [0.3, 0.4) is 0 Å². The van der Waals surface area contributed by atoms with Gasteiger partial charge in [-0.1, -0.05) is 20.3 Å². The number of aromatic nitrogens is 3. The first-order chi connectivity index (χ1) is 13.4. The molecular formula is C22H42N6. The number of aryl methyl sites for hydroxylation is 2. The molecule has 0 amide bonds. The zero-order valence-electron chi connectivity index (χ0n) is 18.6. The van der Waals surface area contributed by atoms with Crippen molar-refractivity contribution < 1.29 is 0 Å². The van der Waals surface area contributed by atoms with Gasteiger partial charge in [0.15, 0.2) is 11.6 Å². The molecule has 3 rings (SSSR count). The van der Waals surface area contributed by atoms with E-state index in [1.165, 1.54) is 38.8 Å². The summed E-state index contributed by atoms with van der Waals surface area (Å²) in [5.74, 6) is 9.82. The monoisotopic (exact) mass is 390 g/mol. The molecule has 2 aliphatic rings. The van der Waals surface area contributed by atoms with Gasteiger partial charge in [-0.05, 0) is 70.9 Å². The molecule has 6 nitrogen and oxygen atoms in total. The van der Waals surface area contributed by atoms with E-state index in [2.05, 4.69) is 47.7 Å². The molecule has 0 unspecified atom stereocenters. The largest absolute Gasteiger partial charge is 0.336 e. The van der Waals surface area contributed by atoms with Gasteiger partial charge in [-0.2, -0.15) is 0 Å². The molecule has 2 N–H and O–H groups in total. The molecule has 0 aliphatic carbocycles. The quantitative estimate of drug-likeness (QED) is 0.691. The predicted molar refractivity (Wildman–Crippen MR) is 116 cm³/mol. The molecule has 2 fully saturated rings. The Morgan fingerprint density at radius 2 is 1.39 bits per heavy atom. The van der Waals surface area contributed by atoms with Gasteiger partial charge in [-0.3, -0.25) is 4.90 Å². The van der Waals surface area contributed by atoms with E-state index >= 15 is 0 Å². The standard InChI is InChI=1S/C22H42N6/c1-17-14-18(2)16-26(15-17)12-6-10-21-24-25-22(28(21)23)11-7-13-27-19(3)8-5-9-20(27)4/h17-20H,5-16,23H2,1-4H3/t17-,18-,19+,20+/m1/s1. The third-order valence-corrected chi connectivity index (χ3v) is 6.85. The molecule has 3 heterocycles. The maximum absolute atomic E-state index is 6.30. The molecule has 28 heavy (non-hydrogen) atoms. The summed E-state index contributed by atoms with van der Waals surface area (Å²) in [6, 6.07) is 1.41. The Hall–Kier alpha value is -1.14. The van der Waals surface area contributed by atoms with Crippen molar-refractivity contribution in [2.75, 3.05) is 32.0 Å². The van der Waals surface area contributed by atoms with E-state index in [4.69, 9.17) is 5.84 Å². The summed E-state index contributed by atoms with van der Waals surface area (Å²) in [4.78, 5) is 5.26. The zero-order chi connectivity index (χ0) is 20.1. The molecule has 0 radical (unpaired) electrons. The van der Waals surface area contributed by atoms with Crippen molar-refractivity contribution in [2.24, 2.45) is 11.8 Å². The first-order valence-corrected chi connectivity index (χ1v) is 11.6. The van der Waals surface area contributed by atoms with Crippen LogP contribution >= 0.6 is 0 Å². The fourth-order valence-electron chi connectivity index (χ4n) is 5.47. The van der Waals surface area contributed by atoms with Crippen molar-refractivity contribution in [2.45, 2.75) is 91.1 Å². The summed E-state index contributed by atoms with van der Waals surface area (Å²) in [6.45, 7) is 14.2. The van der Waals surface area contributed by atoms with Crippen LogP contribution in [0, 0.1) is 11.8 Å². The molecule has 0 spiro atoms. The van der Waals surface area contributed by atoms with Gasteiger partial charge in [0.25, 0.3) is 0 Å². The minimum Gasteiger partial charge on any atom is -0.336 e. The number of hydrogen-bond acceptors (Lipinski definition) is 5. The first-order valence-electron chi connectivity index (χ1n) is 11.6. The van der Waals surface area contributed by atoms with Crippen LogP contribution in [0.5, 0.6) is 0 Å². The minimum atomic E-state index is 0.704. The topological polar surface area (TPSA) is 63.2 Å². The van der Waals surface area contributed by atoms with Crippen molar-refractivity contribution >= 4 is 0 Å². The van der Waals surface area contributed by atoms with Crippen LogP contribution in [-0.2, 0) is 12.8 Å². The Morgan fingerprint density at radius 1 is 0.857 bits per heavy atom. The Labute approximate surface area is 171 Å². The zero-order valence-corrected chi connectivity index (χ0v) is 18.6. The van der Waals surface area contributed by atoms with Gasteiger partial charge in [0.1, 0.15) is 0 Å². The van der Waals surface area contributed by atoms with E-state index in [1.54, 1.807) is 4.68 Å². The first kappa shape index (κ1) is 21.6. The van der Waals surface area contributed by atoms with Gasteiger partial charge < -0.3 is 10.7 Å². The highest BCUT2D eigenvalue weighted by atomic mass is 15.4. The Kier molecular flexibility index (Phi) is 7.75. The van der Waals surface area contributed by atoms with E-state index in [-0.39, 0.29) is 0 Å². The second kappa shape index (κ2) is 10.1. The van der Waals surface area contributed by atoms with E-state index < -0.39 is 0 Å². The molecule has 160 valence electrons. The van der Waals surface area contributed by atoms with Crippen LogP contribution in [0.25, 0.3) is 0 Å². The lowest BCUT2D eigenvalue weighted by Gasteiger charge is -2.39. The van der Waals surface area contributed by atoms with Crippen LogP contribution in [0.1, 0.15) is 77.9 Å².